The zero-order valence-electron chi connectivity index (χ0n) is 15.1. The Bertz CT molecular complexity index is 685. The van der Waals surface area contributed by atoms with Crippen molar-refractivity contribution in [2.45, 2.75) is 33.9 Å². The first kappa shape index (κ1) is 21.3. The lowest BCUT2D eigenvalue weighted by molar-refractivity contribution is -0.137. The van der Waals surface area contributed by atoms with Gasteiger partial charge in [-0.3, -0.25) is 4.79 Å². The third-order valence-electron chi connectivity index (χ3n) is 3.71. The van der Waals surface area contributed by atoms with Gasteiger partial charge in [0.2, 0.25) is 0 Å². The third kappa shape index (κ3) is 7.61. The SMILES string of the molecule is O=C(O)CCCCBr.c1ccc([S+](c2ccccc2)c2ccccc2)cc1. The van der Waals surface area contributed by atoms with Crippen molar-refractivity contribution in [3.63, 3.8) is 0 Å². The van der Waals surface area contributed by atoms with E-state index >= 15 is 0 Å². The number of aliphatic carboxylic acids is 1. The topological polar surface area (TPSA) is 37.3 Å². The van der Waals surface area contributed by atoms with Crippen LogP contribution in [0.3, 0.4) is 0 Å². The molecule has 1 N–H and O–H groups in total. The van der Waals surface area contributed by atoms with Gasteiger partial charge in [0.25, 0.3) is 0 Å². The molecule has 3 aromatic carbocycles. The molecule has 0 aromatic heterocycles. The summed E-state index contributed by atoms with van der Waals surface area (Å²) < 4.78 is 0. The van der Waals surface area contributed by atoms with Crippen LogP contribution in [0.4, 0.5) is 0 Å². The minimum absolute atomic E-state index is 0.0146. The number of benzene rings is 3. The van der Waals surface area contributed by atoms with Crippen molar-refractivity contribution in [2.24, 2.45) is 0 Å². The van der Waals surface area contributed by atoms with E-state index in [0.717, 1.165) is 18.2 Å². The summed E-state index contributed by atoms with van der Waals surface area (Å²) in [5.41, 5.74) is 0. The summed E-state index contributed by atoms with van der Waals surface area (Å²) in [6, 6.07) is 32.2. The van der Waals surface area contributed by atoms with Crippen LogP contribution in [0.5, 0.6) is 0 Å². The second-order valence-corrected chi connectivity index (χ2v) is 8.60. The lowest BCUT2D eigenvalue weighted by atomic mass is 10.3. The Morgan fingerprint density at radius 1 is 0.704 bits per heavy atom. The van der Waals surface area contributed by atoms with Gasteiger partial charge in [-0.15, -0.1) is 0 Å². The monoisotopic (exact) mass is 443 g/mol. The maximum absolute atomic E-state index is 9.86. The first-order valence-electron chi connectivity index (χ1n) is 8.89. The average molecular weight is 444 g/mol. The van der Waals surface area contributed by atoms with Crippen molar-refractivity contribution in [1.29, 1.82) is 0 Å². The van der Waals surface area contributed by atoms with Crippen LogP contribution in [0.25, 0.3) is 0 Å². The number of unbranched alkanes of at least 4 members (excludes halogenated alkanes) is 1. The number of hydrogen-bond acceptors (Lipinski definition) is 1. The molecule has 3 rings (SSSR count). The molecule has 140 valence electrons. The Hall–Kier alpha value is -2.04. The van der Waals surface area contributed by atoms with Crippen LogP contribution in [-0.2, 0) is 15.7 Å². The highest BCUT2D eigenvalue weighted by Crippen LogP contribution is 2.30. The van der Waals surface area contributed by atoms with E-state index in [4.69, 9.17) is 5.11 Å². The van der Waals surface area contributed by atoms with Gasteiger partial charge < -0.3 is 5.11 Å². The van der Waals surface area contributed by atoms with E-state index < -0.39 is 5.97 Å². The number of carbonyl (C=O) groups is 1. The maximum Gasteiger partial charge on any atom is 0.303 e. The lowest BCUT2D eigenvalue weighted by Crippen LogP contribution is -2.04. The lowest BCUT2D eigenvalue weighted by Gasteiger charge is -2.07. The number of carboxylic acid groups (broad SMARTS) is 1. The molecule has 3 aromatic rings. The maximum atomic E-state index is 9.86. The molecule has 2 nitrogen and oxygen atoms in total. The molecular formula is C23H24BrO2S+. The highest BCUT2D eigenvalue weighted by Gasteiger charge is 2.27. The van der Waals surface area contributed by atoms with Gasteiger partial charge >= 0.3 is 5.97 Å². The summed E-state index contributed by atoms with van der Waals surface area (Å²) in [5, 5.41) is 9.03. The first-order valence-corrected chi connectivity index (χ1v) is 11.2. The summed E-state index contributed by atoms with van der Waals surface area (Å²) in [6.07, 6.45) is 2.03. The summed E-state index contributed by atoms with van der Waals surface area (Å²) >= 11 is 3.21. The quantitative estimate of drug-likeness (QED) is 0.259. The number of alkyl halides is 1. The molecule has 4 heteroatoms. The summed E-state index contributed by atoms with van der Waals surface area (Å²) in [6.45, 7) is 0. The van der Waals surface area contributed by atoms with Crippen LogP contribution < -0.4 is 0 Å². The zero-order valence-corrected chi connectivity index (χ0v) is 17.5. The van der Waals surface area contributed by atoms with Crippen LogP contribution in [0, 0.1) is 0 Å². The summed E-state index contributed by atoms with van der Waals surface area (Å²) in [5.74, 6) is -0.703. The van der Waals surface area contributed by atoms with Gasteiger partial charge in [0.05, 0.1) is 10.9 Å². The van der Waals surface area contributed by atoms with Gasteiger partial charge in [0, 0.05) is 11.8 Å². The standard InChI is InChI=1S/C18H15S.C5H9BrO2/c1-4-10-16(11-5-1)19(17-12-6-2-7-13-17)18-14-8-3-9-15-18;6-4-2-1-3-5(7)8/h1-15H;1-4H2,(H,7,8)/q+1;. The molecule has 0 heterocycles. The summed E-state index contributed by atoms with van der Waals surface area (Å²) in [7, 11) is -0.0146. The number of hydrogen-bond donors (Lipinski definition) is 1. The molecule has 0 saturated heterocycles. The van der Waals surface area contributed by atoms with E-state index in [0.29, 0.717) is 6.42 Å². The van der Waals surface area contributed by atoms with Crippen molar-refractivity contribution in [2.75, 3.05) is 5.33 Å². The largest absolute Gasteiger partial charge is 0.481 e. The van der Waals surface area contributed by atoms with E-state index in [2.05, 4.69) is 107 Å². The highest BCUT2D eigenvalue weighted by atomic mass is 79.9. The molecule has 0 unspecified atom stereocenters. The summed E-state index contributed by atoms with van der Waals surface area (Å²) in [4.78, 5) is 13.9. The van der Waals surface area contributed by atoms with Crippen molar-refractivity contribution in [3.8, 4) is 0 Å². The smallest absolute Gasteiger partial charge is 0.303 e. The molecule has 0 aliphatic heterocycles. The fourth-order valence-corrected chi connectivity index (χ4v) is 4.95. The molecular weight excluding hydrogens is 420 g/mol. The fourth-order valence-electron chi connectivity index (χ4n) is 2.45. The van der Waals surface area contributed by atoms with Gasteiger partial charge in [-0.05, 0) is 49.2 Å². The minimum Gasteiger partial charge on any atom is -0.481 e. The number of halogens is 1. The van der Waals surface area contributed by atoms with Gasteiger partial charge in [-0.2, -0.15) is 0 Å². The molecule has 0 spiro atoms. The van der Waals surface area contributed by atoms with Crippen LogP contribution in [0.2, 0.25) is 0 Å². The van der Waals surface area contributed by atoms with E-state index in [-0.39, 0.29) is 10.9 Å². The average Bonchev–Trinajstić information content (AvgIpc) is 2.71. The van der Waals surface area contributed by atoms with E-state index in [9.17, 15) is 4.79 Å². The van der Waals surface area contributed by atoms with Crippen molar-refractivity contribution in [3.05, 3.63) is 91.0 Å². The Balaban J connectivity index is 0.000000279. The number of rotatable bonds is 7. The molecule has 0 atom stereocenters. The first-order chi connectivity index (χ1) is 13.2. The van der Waals surface area contributed by atoms with Gasteiger partial charge in [-0.25, -0.2) is 0 Å². The molecule has 0 saturated carbocycles. The Morgan fingerprint density at radius 3 is 1.37 bits per heavy atom. The molecule has 0 bridgehead atoms. The Labute approximate surface area is 172 Å². The molecule has 0 aliphatic carbocycles. The van der Waals surface area contributed by atoms with Gasteiger partial charge in [0.15, 0.2) is 14.7 Å². The van der Waals surface area contributed by atoms with Crippen LogP contribution in [0.15, 0.2) is 106 Å². The third-order valence-corrected chi connectivity index (χ3v) is 6.50. The van der Waals surface area contributed by atoms with E-state index in [1.165, 1.54) is 14.7 Å². The predicted octanol–water partition coefficient (Wildman–Crippen LogP) is 6.42. The predicted molar refractivity (Wildman–Crippen MR) is 117 cm³/mol. The highest BCUT2D eigenvalue weighted by molar-refractivity contribution is 9.09. The minimum atomic E-state index is -0.703. The Morgan fingerprint density at radius 2 is 1.07 bits per heavy atom. The second-order valence-electron chi connectivity index (χ2n) is 5.79. The molecule has 0 fully saturated rings. The molecule has 0 radical (unpaired) electrons. The zero-order chi connectivity index (χ0) is 19.3. The van der Waals surface area contributed by atoms with E-state index in [1.807, 2.05) is 0 Å². The van der Waals surface area contributed by atoms with Crippen molar-refractivity contribution < 1.29 is 9.90 Å². The van der Waals surface area contributed by atoms with Crippen molar-refractivity contribution in [1.82, 2.24) is 0 Å². The second kappa shape index (κ2) is 12.4. The Kier molecular flexibility index (Phi) is 9.74. The van der Waals surface area contributed by atoms with Crippen molar-refractivity contribution >= 4 is 32.8 Å². The van der Waals surface area contributed by atoms with Crippen LogP contribution in [0.1, 0.15) is 19.3 Å². The van der Waals surface area contributed by atoms with Gasteiger partial charge in [0.1, 0.15) is 0 Å². The fraction of sp³-hybridized carbons (Fsp3) is 0.174. The number of carboxylic acids is 1. The normalized spacial score (nSPS) is 10.1. The molecule has 27 heavy (non-hydrogen) atoms. The molecule has 0 aliphatic rings. The van der Waals surface area contributed by atoms with E-state index in [1.54, 1.807) is 0 Å². The van der Waals surface area contributed by atoms with Gasteiger partial charge in [-0.1, -0.05) is 70.5 Å². The van der Waals surface area contributed by atoms with Crippen LogP contribution in [-0.4, -0.2) is 16.4 Å². The molecule has 0 amide bonds. The van der Waals surface area contributed by atoms with Crippen LogP contribution >= 0.6 is 15.9 Å².